The number of fused-ring (bicyclic) bond motifs is 3. The monoisotopic (exact) mass is 442 g/mol. The molecule has 2 aromatic heterocycles. The molecule has 2 aromatic carbocycles. The summed E-state index contributed by atoms with van der Waals surface area (Å²) < 4.78 is 18.7. The molecule has 2 aliphatic rings. The maximum absolute atomic E-state index is 14.8. The summed E-state index contributed by atoms with van der Waals surface area (Å²) in [5, 5.41) is 9.97. The number of hydrogen-bond acceptors (Lipinski definition) is 3. The van der Waals surface area contributed by atoms with E-state index in [2.05, 4.69) is 37.4 Å². The summed E-state index contributed by atoms with van der Waals surface area (Å²) in [4.78, 5) is 16.8. The molecule has 4 aromatic rings. The number of benzene rings is 2. The van der Waals surface area contributed by atoms with E-state index in [1.807, 2.05) is 29.2 Å². The van der Waals surface area contributed by atoms with Crippen molar-refractivity contribution in [2.45, 2.75) is 25.4 Å². The average molecular weight is 442 g/mol. The highest BCUT2D eigenvalue weighted by Crippen LogP contribution is 2.38. The number of nitrogens with zero attached hydrogens (tertiary/aromatic N) is 4. The Morgan fingerprint density at radius 1 is 1.12 bits per heavy atom. The SMILES string of the molecule is O=C(NCC1c2ccccc2-c2cncn21)Nc1ccc(-c2cnn(CC3CC3)c2)c(F)c1. The molecule has 166 valence electrons. The normalized spacial score (nSPS) is 16.3. The highest BCUT2D eigenvalue weighted by atomic mass is 19.1. The maximum atomic E-state index is 14.8. The van der Waals surface area contributed by atoms with Crippen molar-refractivity contribution < 1.29 is 9.18 Å². The van der Waals surface area contributed by atoms with Gasteiger partial charge in [-0.2, -0.15) is 5.10 Å². The van der Waals surface area contributed by atoms with Gasteiger partial charge in [0.15, 0.2) is 0 Å². The fourth-order valence-electron chi connectivity index (χ4n) is 4.50. The summed E-state index contributed by atoms with van der Waals surface area (Å²) in [5.74, 6) is 0.303. The Kier molecular flexibility index (Phi) is 4.71. The van der Waals surface area contributed by atoms with Gasteiger partial charge in [0, 0.05) is 41.7 Å². The molecule has 7 nitrogen and oxygen atoms in total. The zero-order valence-corrected chi connectivity index (χ0v) is 17.9. The number of carbonyl (C=O) groups is 1. The minimum atomic E-state index is -0.397. The van der Waals surface area contributed by atoms with Crippen molar-refractivity contribution >= 4 is 11.7 Å². The highest BCUT2D eigenvalue weighted by Gasteiger charge is 2.28. The molecule has 1 aliphatic heterocycles. The zero-order chi connectivity index (χ0) is 22.4. The Hall–Kier alpha value is -3.94. The van der Waals surface area contributed by atoms with Gasteiger partial charge in [-0.3, -0.25) is 4.68 Å². The van der Waals surface area contributed by atoms with Crippen LogP contribution in [0.15, 0.2) is 67.4 Å². The summed E-state index contributed by atoms with van der Waals surface area (Å²) in [6, 6.07) is 12.4. The predicted molar refractivity (Wildman–Crippen MR) is 123 cm³/mol. The van der Waals surface area contributed by atoms with Crippen molar-refractivity contribution in [3.05, 3.63) is 78.8 Å². The second-order valence-electron chi connectivity index (χ2n) is 8.71. The number of urea groups is 1. The Morgan fingerprint density at radius 2 is 2.00 bits per heavy atom. The van der Waals surface area contributed by atoms with Gasteiger partial charge < -0.3 is 15.2 Å². The third kappa shape index (κ3) is 3.77. The molecule has 0 saturated heterocycles. The van der Waals surface area contributed by atoms with E-state index >= 15 is 0 Å². The topological polar surface area (TPSA) is 76.8 Å². The van der Waals surface area contributed by atoms with Gasteiger partial charge in [-0.05, 0) is 42.5 Å². The van der Waals surface area contributed by atoms with E-state index in [9.17, 15) is 9.18 Å². The lowest BCUT2D eigenvalue weighted by atomic mass is 10.0. The minimum absolute atomic E-state index is 0.0317. The van der Waals surface area contributed by atoms with Crippen LogP contribution in [0.2, 0.25) is 0 Å². The molecule has 0 radical (unpaired) electrons. The lowest BCUT2D eigenvalue weighted by Gasteiger charge is -2.16. The Morgan fingerprint density at radius 3 is 2.85 bits per heavy atom. The summed E-state index contributed by atoms with van der Waals surface area (Å²) >= 11 is 0. The molecule has 33 heavy (non-hydrogen) atoms. The molecule has 0 spiro atoms. The smallest absolute Gasteiger partial charge is 0.319 e. The van der Waals surface area contributed by atoms with E-state index in [0.29, 0.717) is 23.7 Å². The van der Waals surface area contributed by atoms with Gasteiger partial charge in [0.25, 0.3) is 0 Å². The summed E-state index contributed by atoms with van der Waals surface area (Å²) in [5.41, 5.74) is 4.91. The van der Waals surface area contributed by atoms with E-state index < -0.39 is 5.82 Å². The quantitative estimate of drug-likeness (QED) is 0.455. The van der Waals surface area contributed by atoms with E-state index in [-0.39, 0.29) is 12.1 Å². The molecule has 8 heteroatoms. The highest BCUT2D eigenvalue weighted by molar-refractivity contribution is 5.89. The number of rotatable bonds is 6. The van der Waals surface area contributed by atoms with Crippen LogP contribution in [0.25, 0.3) is 22.4 Å². The van der Waals surface area contributed by atoms with Crippen LogP contribution in [0.4, 0.5) is 14.9 Å². The fraction of sp³-hybridized carbons (Fsp3) is 0.240. The molecule has 2 amide bonds. The third-order valence-electron chi connectivity index (χ3n) is 6.37. The molecule has 1 unspecified atom stereocenters. The number of nitrogens with one attached hydrogen (secondary N) is 2. The molecule has 1 atom stereocenters. The third-order valence-corrected chi connectivity index (χ3v) is 6.37. The van der Waals surface area contributed by atoms with Gasteiger partial charge in [-0.1, -0.05) is 24.3 Å². The summed E-state index contributed by atoms with van der Waals surface area (Å²) in [6.07, 6.45) is 9.65. The minimum Gasteiger partial charge on any atom is -0.335 e. The summed E-state index contributed by atoms with van der Waals surface area (Å²) in [6.45, 7) is 1.28. The van der Waals surface area contributed by atoms with Gasteiger partial charge >= 0.3 is 6.03 Å². The van der Waals surface area contributed by atoms with E-state index in [4.69, 9.17) is 0 Å². The van der Waals surface area contributed by atoms with Crippen molar-refractivity contribution in [1.29, 1.82) is 0 Å². The number of amides is 2. The lowest BCUT2D eigenvalue weighted by molar-refractivity contribution is 0.251. The second-order valence-corrected chi connectivity index (χ2v) is 8.71. The van der Waals surface area contributed by atoms with Crippen LogP contribution in [0.3, 0.4) is 0 Å². The Labute approximate surface area is 190 Å². The largest absolute Gasteiger partial charge is 0.335 e. The van der Waals surface area contributed by atoms with Crippen LogP contribution in [-0.4, -0.2) is 31.9 Å². The summed E-state index contributed by atoms with van der Waals surface area (Å²) in [7, 11) is 0. The molecule has 3 heterocycles. The standard InChI is InChI=1S/C25H23FN6O/c26-22-9-18(7-8-19(22)17-10-29-31(14-17)13-16-5-6-16)30-25(33)28-12-24-21-4-2-1-3-20(21)23-11-27-15-32(23)24/h1-4,7-11,14-16,24H,5-6,12-13H2,(H2,28,30,33). The Balaban J connectivity index is 1.11. The number of carbonyl (C=O) groups excluding carboxylic acids is 1. The predicted octanol–water partition coefficient (Wildman–Crippen LogP) is 4.69. The van der Waals surface area contributed by atoms with Crippen LogP contribution in [0.1, 0.15) is 24.4 Å². The lowest BCUT2D eigenvalue weighted by Crippen LogP contribution is -2.33. The average Bonchev–Trinajstić information content (AvgIpc) is 3.19. The molecule has 1 aliphatic carbocycles. The zero-order valence-electron chi connectivity index (χ0n) is 17.9. The van der Waals surface area contributed by atoms with Crippen LogP contribution in [0.5, 0.6) is 0 Å². The van der Waals surface area contributed by atoms with Crippen molar-refractivity contribution in [1.82, 2.24) is 24.6 Å². The van der Waals surface area contributed by atoms with Crippen molar-refractivity contribution in [2.75, 3.05) is 11.9 Å². The van der Waals surface area contributed by atoms with Crippen molar-refractivity contribution in [3.63, 3.8) is 0 Å². The van der Waals surface area contributed by atoms with Crippen LogP contribution < -0.4 is 10.6 Å². The number of anilines is 1. The van der Waals surface area contributed by atoms with Gasteiger partial charge in [-0.25, -0.2) is 14.2 Å². The van der Waals surface area contributed by atoms with Gasteiger partial charge in [0.05, 0.1) is 30.5 Å². The van der Waals surface area contributed by atoms with E-state index in [0.717, 1.165) is 28.9 Å². The first-order valence-corrected chi connectivity index (χ1v) is 11.1. The molecular formula is C25H23FN6O. The van der Waals surface area contributed by atoms with E-state index in [1.165, 1.54) is 18.9 Å². The fourth-order valence-corrected chi connectivity index (χ4v) is 4.50. The number of halogens is 1. The van der Waals surface area contributed by atoms with Crippen molar-refractivity contribution in [2.24, 2.45) is 5.92 Å². The molecule has 1 saturated carbocycles. The molecule has 0 bridgehead atoms. The maximum Gasteiger partial charge on any atom is 0.319 e. The van der Waals surface area contributed by atoms with Crippen LogP contribution in [-0.2, 0) is 6.54 Å². The van der Waals surface area contributed by atoms with Crippen LogP contribution in [0, 0.1) is 11.7 Å². The number of aromatic nitrogens is 4. The van der Waals surface area contributed by atoms with Gasteiger partial charge in [0.2, 0.25) is 0 Å². The first-order chi connectivity index (χ1) is 16.2. The molecule has 1 fully saturated rings. The molecule has 6 rings (SSSR count). The van der Waals surface area contributed by atoms with Gasteiger partial charge in [0.1, 0.15) is 5.82 Å². The second kappa shape index (κ2) is 7.88. The Bertz CT molecular complexity index is 1340. The van der Waals surface area contributed by atoms with Crippen molar-refractivity contribution in [3.8, 4) is 22.4 Å². The first kappa shape index (κ1) is 19.7. The first-order valence-electron chi connectivity index (χ1n) is 11.1. The van der Waals surface area contributed by atoms with E-state index in [1.54, 1.807) is 24.7 Å². The number of imidazole rings is 1. The molecular weight excluding hydrogens is 419 g/mol. The number of hydrogen-bond donors (Lipinski definition) is 2. The van der Waals surface area contributed by atoms with Gasteiger partial charge in [-0.15, -0.1) is 0 Å². The van der Waals surface area contributed by atoms with Crippen LogP contribution >= 0.6 is 0 Å². The molecule has 2 N–H and O–H groups in total.